The van der Waals surface area contributed by atoms with Crippen LogP contribution in [0.3, 0.4) is 0 Å². The first kappa shape index (κ1) is 18.3. The maximum atomic E-state index is 12.2. The molecular formula is C18H25N5O3. The molecule has 1 aliphatic rings. The summed E-state index contributed by atoms with van der Waals surface area (Å²) < 4.78 is 7.02. The highest BCUT2D eigenvalue weighted by atomic mass is 16.5. The van der Waals surface area contributed by atoms with Gasteiger partial charge >= 0.3 is 5.97 Å². The van der Waals surface area contributed by atoms with E-state index in [4.69, 9.17) is 4.74 Å². The molecule has 1 aliphatic heterocycles. The van der Waals surface area contributed by atoms with Crippen molar-refractivity contribution in [1.82, 2.24) is 19.7 Å². The summed E-state index contributed by atoms with van der Waals surface area (Å²) in [5.41, 5.74) is 2.08. The number of aromatic nitrogens is 4. The third-order valence-electron chi connectivity index (χ3n) is 4.42. The van der Waals surface area contributed by atoms with Gasteiger partial charge in [-0.05, 0) is 25.0 Å². The van der Waals surface area contributed by atoms with Crippen LogP contribution in [0.2, 0.25) is 0 Å². The first-order valence-corrected chi connectivity index (χ1v) is 8.94. The molecule has 140 valence electrons. The van der Waals surface area contributed by atoms with Crippen molar-refractivity contribution in [2.24, 2.45) is 5.92 Å². The van der Waals surface area contributed by atoms with Gasteiger partial charge in [-0.15, -0.1) is 0 Å². The van der Waals surface area contributed by atoms with Gasteiger partial charge in [0.15, 0.2) is 5.69 Å². The molecule has 1 atom stereocenters. The van der Waals surface area contributed by atoms with Crippen LogP contribution in [0.5, 0.6) is 0 Å². The number of fused-ring (bicyclic) bond motifs is 1. The van der Waals surface area contributed by atoms with Crippen molar-refractivity contribution in [2.75, 3.05) is 24.7 Å². The Morgan fingerprint density at radius 2 is 2.19 bits per heavy atom. The lowest BCUT2D eigenvalue weighted by molar-refractivity contribution is 0.0519. The lowest BCUT2D eigenvalue weighted by atomic mass is 10.1. The summed E-state index contributed by atoms with van der Waals surface area (Å²) in [6, 6.07) is 3.64. The molecule has 1 unspecified atom stereocenters. The monoisotopic (exact) mass is 359 g/mol. The lowest BCUT2D eigenvalue weighted by Crippen LogP contribution is -2.31. The van der Waals surface area contributed by atoms with E-state index in [1.54, 1.807) is 19.2 Å². The van der Waals surface area contributed by atoms with E-state index in [-0.39, 0.29) is 24.1 Å². The Hall–Kier alpha value is -2.48. The number of ether oxygens (including phenoxy) is 1. The zero-order valence-corrected chi connectivity index (χ0v) is 15.4. The molecule has 1 N–H and O–H groups in total. The van der Waals surface area contributed by atoms with Crippen molar-refractivity contribution in [3.8, 4) is 0 Å². The summed E-state index contributed by atoms with van der Waals surface area (Å²) in [5, 5.41) is 14.0. The fourth-order valence-corrected chi connectivity index (χ4v) is 3.00. The van der Waals surface area contributed by atoms with Crippen molar-refractivity contribution in [3.05, 3.63) is 35.4 Å². The third kappa shape index (κ3) is 3.85. The predicted molar refractivity (Wildman–Crippen MR) is 95.9 cm³/mol. The number of anilines is 1. The average Bonchev–Trinajstić information content (AvgIpc) is 2.98. The molecule has 0 spiro atoms. The van der Waals surface area contributed by atoms with Gasteiger partial charge in [0.25, 0.3) is 0 Å². The van der Waals surface area contributed by atoms with E-state index in [0.29, 0.717) is 32.2 Å². The van der Waals surface area contributed by atoms with Gasteiger partial charge in [0.2, 0.25) is 5.95 Å². The number of aliphatic hydroxyl groups is 1. The van der Waals surface area contributed by atoms with Crippen LogP contribution in [0.1, 0.15) is 48.6 Å². The number of rotatable bonds is 5. The van der Waals surface area contributed by atoms with Gasteiger partial charge in [-0.25, -0.2) is 14.8 Å². The zero-order valence-electron chi connectivity index (χ0n) is 15.4. The van der Waals surface area contributed by atoms with Crippen LogP contribution in [0, 0.1) is 5.92 Å². The molecule has 2 aromatic heterocycles. The molecule has 3 rings (SSSR count). The van der Waals surface area contributed by atoms with Crippen molar-refractivity contribution in [1.29, 1.82) is 0 Å². The average molecular weight is 359 g/mol. The second-order valence-corrected chi connectivity index (χ2v) is 6.79. The summed E-state index contributed by atoms with van der Waals surface area (Å²) in [6.45, 7) is 7.96. The third-order valence-corrected chi connectivity index (χ3v) is 4.42. The number of esters is 1. The summed E-state index contributed by atoms with van der Waals surface area (Å²) >= 11 is 0. The Kier molecular flexibility index (Phi) is 5.51. The molecule has 0 amide bonds. The Bertz CT molecular complexity index is 774. The first-order chi connectivity index (χ1) is 12.5. The number of carbonyl (C=O) groups excluding carboxylic acids is 1. The molecular weight excluding hydrogens is 334 g/mol. The largest absolute Gasteiger partial charge is 0.461 e. The molecule has 2 aromatic rings. The maximum Gasteiger partial charge on any atom is 0.357 e. The number of nitrogens with zero attached hydrogens (tertiary/aromatic N) is 5. The molecule has 8 heteroatoms. The highest BCUT2D eigenvalue weighted by Gasteiger charge is 2.25. The van der Waals surface area contributed by atoms with E-state index >= 15 is 0 Å². The summed E-state index contributed by atoms with van der Waals surface area (Å²) in [5.74, 6) is 0.188. The number of hydrogen-bond donors (Lipinski definition) is 1. The minimum Gasteiger partial charge on any atom is -0.461 e. The topological polar surface area (TPSA) is 93.4 Å². The standard InChI is InChI=1S/C18H25N5O3/c1-4-26-17(25)16-7-15(12(2)3)20-18(21-16)22-8-13(11-24)9-23-14(10-22)5-6-19-23/h5-7,12-13,24H,4,8-11H2,1-3H3. The summed E-state index contributed by atoms with van der Waals surface area (Å²) in [7, 11) is 0. The summed E-state index contributed by atoms with van der Waals surface area (Å²) in [6.07, 6.45) is 1.75. The summed E-state index contributed by atoms with van der Waals surface area (Å²) in [4.78, 5) is 23.3. The molecule has 0 radical (unpaired) electrons. The van der Waals surface area contributed by atoms with Gasteiger partial charge < -0.3 is 14.7 Å². The zero-order chi connectivity index (χ0) is 18.7. The van der Waals surface area contributed by atoms with Gasteiger partial charge in [0.1, 0.15) is 0 Å². The molecule has 0 saturated heterocycles. The molecule has 0 fully saturated rings. The minimum atomic E-state index is -0.448. The van der Waals surface area contributed by atoms with E-state index in [1.807, 2.05) is 29.5 Å². The predicted octanol–water partition coefficient (Wildman–Crippen LogP) is 1.60. The fourth-order valence-electron chi connectivity index (χ4n) is 3.00. The molecule has 0 aliphatic carbocycles. The quantitative estimate of drug-likeness (QED) is 0.811. The Balaban J connectivity index is 1.99. The Morgan fingerprint density at radius 3 is 2.88 bits per heavy atom. The van der Waals surface area contributed by atoms with Crippen LogP contribution in [0.4, 0.5) is 5.95 Å². The van der Waals surface area contributed by atoms with Gasteiger partial charge in [0, 0.05) is 37.5 Å². The molecule has 8 nitrogen and oxygen atoms in total. The van der Waals surface area contributed by atoms with Crippen LogP contribution in [-0.2, 0) is 17.8 Å². The highest BCUT2D eigenvalue weighted by Crippen LogP contribution is 2.23. The Morgan fingerprint density at radius 1 is 1.38 bits per heavy atom. The molecule has 0 saturated carbocycles. The van der Waals surface area contributed by atoms with Crippen molar-refractivity contribution in [2.45, 2.75) is 39.8 Å². The van der Waals surface area contributed by atoms with Gasteiger partial charge in [-0.1, -0.05) is 13.8 Å². The second kappa shape index (κ2) is 7.82. The normalized spacial score (nSPS) is 17.1. The smallest absolute Gasteiger partial charge is 0.357 e. The molecule has 3 heterocycles. The van der Waals surface area contributed by atoms with E-state index in [2.05, 4.69) is 15.1 Å². The van der Waals surface area contributed by atoms with Crippen molar-refractivity contribution < 1.29 is 14.6 Å². The lowest BCUT2D eigenvalue weighted by Gasteiger charge is -2.24. The van der Waals surface area contributed by atoms with E-state index in [1.165, 1.54) is 0 Å². The van der Waals surface area contributed by atoms with Crippen LogP contribution in [0.15, 0.2) is 18.3 Å². The van der Waals surface area contributed by atoms with Gasteiger partial charge in [-0.3, -0.25) is 4.68 Å². The van der Waals surface area contributed by atoms with E-state index in [9.17, 15) is 9.90 Å². The van der Waals surface area contributed by atoms with Crippen LogP contribution >= 0.6 is 0 Å². The first-order valence-electron chi connectivity index (χ1n) is 8.94. The maximum absolute atomic E-state index is 12.2. The number of carbonyl (C=O) groups is 1. The molecule has 0 bridgehead atoms. The van der Waals surface area contributed by atoms with Crippen LogP contribution in [0.25, 0.3) is 0 Å². The minimum absolute atomic E-state index is 0.00787. The Labute approximate surface area is 152 Å². The van der Waals surface area contributed by atoms with Gasteiger partial charge in [0.05, 0.1) is 18.8 Å². The fraction of sp³-hybridized carbons (Fsp3) is 0.556. The van der Waals surface area contributed by atoms with Gasteiger partial charge in [-0.2, -0.15) is 5.10 Å². The second-order valence-electron chi connectivity index (χ2n) is 6.79. The van der Waals surface area contributed by atoms with E-state index in [0.717, 1.165) is 11.4 Å². The van der Waals surface area contributed by atoms with Crippen molar-refractivity contribution in [3.63, 3.8) is 0 Å². The van der Waals surface area contributed by atoms with Crippen LogP contribution in [-0.4, -0.2) is 50.6 Å². The number of aliphatic hydroxyl groups excluding tert-OH is 1. The molecule has 26 heavy (non-hydrogen) atoms. The SMILES string of the molecule is CCOC(=O)c1cc(C(C)C)nc(N2Cc3ccnn3CC(CO)C2)n1. The number of hydrogen-bond acceptors (Lipinski definition) is 7. The van der Waals surface area contributed by atoms with Crippen molar-refractivity contribution >= 4 is 11.9 Å². The molecule has 0 aromatic carbocycles. The van der Waals surface area contributed by atoms with E-state index < -0.39 is 5.97 Å². The highest BCUT2D eigenvalue weighted by molar-refractivity contribution is 5.87. The van der Waals surface area contributed by atoms with Crippen LogP contribution < -0.4 is 4.90 Å².